The summed E-state index contributed by atoms with van der Waals surface area (Å²) in [4.78, 5) is 4.70. The van der Waals surface area contributed by atoms with Crippen molar-refractivity contribution in [3.8, 4) is 28.1 Å². The van der Waals surface area contributed by atoms with E-state index in [1.807, 2.05) is 36.4 Å². The van der Waals surface area contributed by atoms with Crippen LogP contribution in [0.1, 0.15) is 5.56 Å². The van der Waals surface area contributed by atoms with Crippen LogP contribution >= 0.6 is 11.3 Å². The van der Waals surface area contributed by atoms with Crippen LogP contribution in [0.15, 0.2) is 36.4 Å². The zero-order chi connectivity index (χ0) is 15.5. The third-order valence-electron chi connectivity index (χ3n) is 3.39. The van der Waals surface area contributed by atoms with Crippen molar-refractivity contribution in [3.05, 3.63) is 42.0 Å². The maximum atomic E-state index is 9.00. The number of methoxy groups -OCH3 is 2. The SMILES string of the molecule is COc1ccc(-c2nc3c(CC#N)cc(OC)cc3s2)cc1. The molecule has 0 saturated heterocycles. The van der Waals surface area contributed by atoms with Gasteiger partial charge in [0.15, 0.2) is 0 Å². The van der Waals surface area contributed by atoms with Gasteiger partial charge in [0.05, 0.1) is 36.9 Å². The van der Waals surface area contributed by atoms with Gasteiger partial charge in [0.25, 0.3) is 0 Å². The highest BCUT2D eigenvalue weighted by Gasteiger charge is 2.12. The first kappa shape index (κ1) is 14.4. The summed E-state index contributed by atoms with van der Waals surface area (Å²) in [7, 11) is 3.27. The van der Waals surface area contributed by atoms with Gasteiger partial charge in [-0.05, 0) is 42.0 Å². The number of fused-ring (bicyclic) bond motifs is 1. The number of rotatable bonds is 4. The Balaban J connectivity index is 2.11. The lowest BCUT2D eigenvalue weighted by Crippen LogP contribution is -1.88. The van der Waals surface area contributed by atoms with Crippen LogP contribution in [0.25, 0.3) is 20.8 Å². The average molecular weight is 310 g/mol. The zero-order valence-electron chi connectivity index (χ0n) is 12.3. The first-order valence-corrected chi connectivity index (χ1v) is 7.55. The molecule has 0 atom stereocenters. The van der Waals surface area contributed by atoms with E-state index < -0.39 is 0 Å². The standard InChI is InChI=1S/C17H14N2O2S/c1-20-13-5-3-11(4-6-13)17-19-16-12(7-8-18)9-14(21-2)10-15(16)22-17/h3-6,9-10H,7H2,1-2H3. The molecule has 4 nitrogen and oxygen atoms in total. The molecule has 0 unspecified atom stereocenters. The van der Waals surface area contributed by atoms with E-state index >= 15 is 0 Å². The fourth-order valence-electron chi connectivity index (χ4n) is 2.27. The van der Waals surface area contributed by atoms with Gasteiger partial charge in [0.2, 0.25) is 0 Å². The second-order valence-electron chi connectivity index (χ2n) is 4.72. The fourth-order valence-corrected chi connectivity index (χ4v) is 3.31. The highest BCUT2D eigenvalue weighted by atomic mass is 32.1. The smallest absolute Gasteiger partial charge is 0.124 e. The molecule has 2 aromatic carbocycles. The van der Waals surface area contributed by atoms with E-state index in [1.165, 1.54) is 0 Å². The van der Waals surface area contributed by atoms with Crippen molar-refractivity contribution in [1.29, 1.82) is 5.26 Å². The van der Waals surface area contributed by atoms with Gasteiger partial charge in [-0.1, -0.05) is 0 Å². The van der Waals surface area contributed by atoms with Crippen LogP contribution in [0.4, 0.5) is 0 Å². The molecule has 1 aromatic heterocycles. The highest BCUT2D eigenvalue weighted by molar-refractivity contribution is 7.21. The van der Waals surface area contributed by atoms with Crippen LogP contribution in [0.3, 0.4) is 0 Å². The Morgan fingerprint density at radius 2 is 1.82 bits per heavy atom. The van der Waals surface area contributed by atoms with E-state index in [0.29, 0.717) is 6.42 Å². The maximum Gasteiger partial charge on any atom is 0.124 e. The largest absolute Gasteiger partial charge is 0.497 e. The van der Waals surface area contributed by atoms with Gasteiger partial charge in [-0.3, -0.25) is 0 Å². The molecule has 0 aliphatic heterocycles. The molecular weight excluding hydrogens is 296 g/mol. The Morgan fingerprint density at radius 1 is 1.09 bits per heavy atom. The molecule has 0 bridgehead atoms. The van der Waals surface area contributed by atoms with Crippen LogP contribution < -0.4 is 9.47 Å². The second kappa shape index (κ2) is 6.04. The summed E-state index contributed by atoms with van der Waals surface area (Å²) in [5.41, 5.74) is 2.80. The van der Waals surface area contributed by atoms with Gasteiger partial charge in [-0.25, -0.2) is 4.98 Å². The molecule has 0 fully saturated rings. The zero-order valence-corrected chi connectivity index (χ0v) is 13.1. The second-order valence-corrected chi connectivity index (χ2v) is 5.75. The number of aromatic nitrogens is 1. The lowest BCUT2D eigenvalue weighted by atomic mass is 10.1. The third kappa shape index (κ3) is 2.61. The molecule has 3 rings (SSSR count). The number of thiazole rings is 1. The van der Waals surface area contributed by atoms with Crippen molar-refractivity contribution < 1.29 is 9.47 Å². The Morgan fingerprint density at radius 3 is 2.45 bits per heavy atom. The number of hydrogen-bond donors (Lipinski definition) is 0. The summed E-state index contributed by atoms with van der Waals surface area (Å²) in [5.74, 6) is 1.57. The lowest BCUT2D eigenvalue weighted by Gasteiger charge is -2.02. The Kier molecular flexibility index (Phi) is 3.94. The molecule has 0 radical (unpaired) electrons. The predicted molar refractivity (Wildman–Crippen MR) is 87.5 cm³/mol. The summed E-state index contributed by atoms with van der Waals surface area (Å²) < 4.78 is 11.5. The molecule has 22 heavy (non-hydrogen) atoms. The first-order chi connectivity index (χ1) is 10.7. The van der Waals surface area contributed by atoms with Gasteiger partial charge in [-0.15, -0.1) is 11.3 Å². The van der Waals surface area contributed by atoms with Gasteiger partial charge in [0.1, 0.15) is 16.5 Å². The summed E-state index contributed by atoms with van der Waals surface area (Å²) in [6.07, 6.45) is 0.319. The number of nitriles is 1. The number of ether oxygens (including phenoxy) is 2. The molecule has 0 N–H and O–H groups in total. The van der Waals surface area contributed by atoms with Gasteiger partial charge in [-0.2, -0.15) is 5.26 Å². The van der Waals surface area contributed by atoms with Crippen molar-refractivity contribution >= 4 is 21.6 Å². The minimum atomic E-state index is 0.319. The highest BCUT2D eigenvalue weighted by Crippen LogP contribution is 2.35. The fraction of sp³-hybridized carbons (Fsp3) is 0.176. The lowest BCUT2D eigenvalue weighted by molar-refractivity contribution is 0.415. The van der Waals surface area contributed by atoms with Crippen LogP contribution in [-0.2, 0) is 6.42 Å². The monoisotopic (exact) mass is 310 g/mol. The van der Waals surface area contributed by atoms with Crippen molar-refractivity contribution in [2.45, 2.75) is 6.42 Å². The van der Waals surface area contributed by atoms with E-state index in [-0.39, 0.29) is 0 Å². The van der Waals surface area contributed by atoms with E-state index in [9.17, 15) is 0 Å². The maximum absolute atomic E-state index is 9.00. The summed E-state index contributed by atoms with van der Waals surface area (Å²) in [6.45, 7) is 0. The van der Waals surface area contributed by atoms with Crippen molar-refractivity contribution in [2.75, 3.05) is 14.2 Å². The van der Waals surface area contributed by atoms with Crippen molar-refractivity contribution in [2.24, 2.45) is 0 Å². The molecule has 5 heteroatoms. The molecule has 0 saturated carbocycles. The summed E-state index contributed by atoms with van der Waals surface area (Å²) in [5, 5.41) is 9.92. The normalized spacial score (nSPS) is 10.4. The molecule has 3 aromatic rings. The van der Waals surface area contributed by atoms with Gasteiger partial charge < -0.3 is 9.47 Å². The molecule has 0 aliphatic rings. The van der Waals surface area contributed by atoms with E-state index in [4.69, 9.17) is 19.7 Å². The number of nitrogens with zero attached hydrogens (tertiary/aromatic N) is 2. The van der Waals surface area contributed by atoms with E-state index in [2.05, 4.69) is 6.07 Å². The number of benzene rings is 2. The number of hydrogen-bond acceptors (Lipinski definition) is 5. The van der Waals surface area contributed by atoms with Gasteiger partial charge >= 0.3 is 0 Å². The minimum absolute atomic E-state index is 0.319. The van der Waals surface area contributed by atoms with Crippen molar-refractivity contribution in [1.82, 2.24) is 4.98 Å². The van der Waals surface area contributed by atoms with E-state index in [0.717, 1.165) is 37.9 Å². The van der Waals surface area contributed by atoms with Crippen LogP contribution in [0, 0.1) is 11.3 Å². The minimum Gasteiger partial charge on any atom is -0.497 e. The Hall–Kier alpha value is -2.58. The quantitative estimate of drug-likeness (QED) is 0.729. The molecule has 0 amide bonds. The third-order valence-corrected chi connectivity index (χ3v) is 4.44. The Labute approximate surface area is 132 Å². The first-order valence-electron chi connectivity index (χ1n) is 6.74. The summed E-state index contributed by atoms with van der Waals surface area (Å²) >= 11 is 1.59. The molecule has 0 aliphatic carbocycles. The van der Waals surface area contributed by atoms with Crippen molar-refractivity contribution in [3.63, 3.8) is 0 Å². The Bertz CT molecular complexity index is 847. The molecule has 1 heterocycles. The average Bonchev–Trinajstić information content (AvgIpc) is 2.99. The topological polar surface area (TPSA) is 55.1 Å². The summed E-state index contributed by atoms with van der Waals surface area (Å²) in [6, 6.07) is 13.8. The van der Waals surface area contributed by atoms with Crippen LogP contribution in [0.2, 0.25) is 0 Å². The van der Waals surface area contributed by atoms with Gasteiger partial charge in [0, 0.05) is 5.56 Å². The molecule has 0 spiro atoms. The van der Waals surface area contributed by atoms with Crippen LogP contribution in [-0.4, -0.2) is 19.2 Å². The van der Waals surface area contributed by atoms with E-state index in [1.54, 1.807) is 25.6 Å². The molecular formula is C17H14N2O2S. The van der Waals surface area contributed by atoms with Crippen LogP contribution in [0.5, 0.6) is 11.5 Å². The predicted octanol–water partition coefficient (Wildman–Crippen LogP) is 4.05. The molecule has 110 valence electrons.